The molecule has 3 rings (SSSR count). The van der Waals surface area contributed by atoms with Crippen molar-refractivity contribution >= 4 is 23.4 Å². The van der Waals surface area contributed by atoms with E-state index >= 15 is 0 Å². The number of rotatable bonds is 5. The van der Waals surface area contributed by atoms with Gasteiger partial charge in [-0.2, -0.15) is 0 Å². The summed E-state index contributed by atoms with van der Waals surface area (Å²) in [6, 6.07) is 7.74. The van der Waals surface area contributed by atoms with Crippen LogP contribution in [-0.2, 0) is 20.8 Å². The molecule has 3 amide bonds. The largest absolute Gasteiger partial charge is 0.326 e. The Bertz CT molecular complexity index is 606. The second kappa shape index (κ2) is 6.91. The molecule has 2 heterocycles. The molecule has 0 saturated carbocycles. The number of anilines is 1. The van der Waals surface area contributed by atoms with Crippen LogP contribution >= 0.6 is 0 Å². The van der Waals surface area contributed by atoms with Gasteiger partial charge in [0.15, 0.2) is 0 Å². The maximum absolute atomic E-state index is 12.0. The van der Waals surface area contributed by atoms with Crippen molar-refractivity contribution in [1.82, 2.24) is 10.6 Å². The molecule has 0 aliphatic carbocycles. The molecule has 0 aromatic heterocycles. The third-order valence-corrected chi connectivity index (χ3v) is 4.38. The number of benzene rings is 1. The highest BCUT2D eigenvalue weighted by atomic mass is 16.2. The average Bonchev–Trinajstić information content (AvgIpc) is 3.11. The van der Waals surface area contributed by atoms with E-state index in [0.29, 0.717) is 12.8 Å². The van der Waals surface area contributed by atoms with E-state index < -0.39 is 0 Å². The molecule has 0 bridgehead atoms. The van der Waals surface area contributed by atoms with Gasteiger partial charge in [0.25, 0.3) is 0 Å². The maximum Gasteiger partial charge on any atom is 0.230 e. The highest BCUT2D eigenvalue weighted by Crippen LogP contribution is 2.19. The summed E-state index contributed by atoms with van der Waals surface area (Å²) in [4.78, 5) is 34.7. The molecule has 23 heavy (non-hydrogen) atoms. The third-order valence-electron chi connectivity index (χ3n) is 4.38. The molecular formula is C17H21N3O3. The zero-order valence-electron chi connectivity index (χ0n) is 12.9. The zero-order chi connectivity index (χ0) is 16.2. The number of carbonyl (C=O) groups excluding carboxylic acids is 3. The topological polar surface area (TPSA) is 87.3 Å². The van der Waals surface area contributed by atoms with E-state index in [1.165, 1.54) is 0 Å². The molecule has 2 aliphatic rings. The van der Waals surface area contributed by atoms with Crippen molar-refractivity contribution in [3.63, 3.8) is 0 Å². The Labute approximate surface area is 135 Å². The average molecular weight is 315 g/mol. The summed E-state index contributed by atoms with van der Waals surface area (Å²) in [6.07, 6.45) is 3.47. The predicted molar refractivity (Wildman–Crippen MR) is 85.7 cm³/mol. The van der Waals surface area contributed by atoms with Crippen LogP contribution in [0.3, 0.4) is 0 Å². The minimum Gasteiger partial charge on any atom is -0.326 e. The first-order chi connectivity index (χ1) is 11.1. The number of nitrogens with one attached hydrogen (secondary N) is 3. The van der Waals surface area contributed by atoms with Gasteiger partial charge in [-0.1, -0.05) is 12.1 Å². The fraction of sp³-hybridized carbons (Fsp3) is 0.471. The van der Waals surface area contributed by atoms with E-state index in [9.17, 15) is 14.4 Å². The lowest BCUT2D eigenvalue weighted by atomic mass is 9.98. The van der Waals surface area contributed by atoms with Gasteiger partial charge in [0.1, 0.15) is 0 Å². The Morgan fingerprint density at radius 3 is 2.61 bits per heavy atom. The third kappa shape index (κ3) is 4.16. The van der Waals surface area contributed by atoms with Crippen molar-refractivity contribution < 1.29 is 14.4 Å². The summed E-state index contributed by atoms with van der Waals surface area (Å²) in [6.45, 7) is 0.990. The van der Waals surface area contributed by atoms with Gasteiger partial charge in [0, 0.05) is 24.6 Å². The van der Waals surface area contributed by atoms with Crippen molar-refractivity contribution in [3.05, 3.63) is 29.8 Å². The summed E-state index contributed by atoms with van der Waals surface area (Å²) in [5.74, 6) is -0.671. The highest BCUT2D eigenvalue weighted by Gasteiger charge is 2.30. The van der Waals surface area contributed by atoms with Gasteiger partial charge in [-0.25, -0.2) is 0 Å². The van der Waals surface area contributed by atoms with E-state index in [0.717, 1.165) is 30.6 Å². The Kier molecular flexibility index (Phi) is 4.71. The standard InChI is InChI=1S/C17H21N3O3/c21-15-9-12(17(23)20-15)8-11-3-5-13(6-4-11)19-16(22)10-14-2-1-7-18-14/h3-6,12,14,18H,1-2,7-10H2,(H,19,22)(H,20,21,23). The van der Waals surface area contributed by atoms with E-state index in [1.807, 2.05) is 24.3 Å². The van der Waals surface area contributed by atoms with Crippen molar-refractivity contribution in [3.8, 4) is 0 Å². The molecule has 3 N–H and O–H groups in total. The molecule has 2 atom stereocenters. The summed E-state index contributed by atoms with van der Waals surface area (Å²) in [5, 5.41) is 8.52. The smallest absolute Gasteiger partial charge is 0.230 e. The van der Waals surface area contributed by atoms with E-state index in [1.54, 1.807) is 0 Å². The Balaban J connectivity index is 1.51. The summed E-state index contributed by atoms with van der Waals surface area (Å²) >= 11 is 0. The first kappa shape index (κ1) is 15.7. The maximum atomic E-state index is 12.0. The summed E-state index contributed by atoms with van der Waals surface area (Å²) in [7, 11) is 0. The second-order valence-electron chi connectivity index (χ2n) is 6.26. The Hall–Kier alpha value is -2.21. The quantitative estimate of drug-likeness (QED) is 0.707. The van der Waals surface area contributed by atoms with Crippen LogP contribution in [0.5, 0.6) is 0 Å². The van der Waals surface area contributed by atoms with Gasteiger partial charge in [0.05, 0.1) is 5.92 Å². The molecule has 6 heteroatoms. The number of hydrogen-bond donors (Lipinski definition) is 3. The van der Waals surface area contributed by atoms with Crippen molar-refractivity contribution in [2.24, 2.45) is 5.92 Å². The molecule has 1 aromatic rings. The minimum absolute atomic E-state index is 0.0120. The lowest BCUT2D eigenvalue weighted by Gasteiger charge is -2.11. The van der Waals surface area contributed by atoms with Crippen molar-refractivity contribution in [2.75, 3.05) is 11.9 Å². The van der Waals surface area contributed by atoms with Gasteiger partial charge in [-0.15, -0.1) is 0 Å². The number of amides is 3. The molecule has 2 saturated heterocycles. The Morgan fingerprint density at radius 2 is 2.00 bits per heavy atom. The fourth-order valence-corrected chi connectivity index (χ4v) is 3.15. The lowest BCUT2D eigenvalue weighted by molar-refractivity contribution is -0.125. The first-order valence-corrected chi connectivity index (χ1v) is 8.06. The van der Waals surface area contributed by atoms with Crippen LogP contribution in [0, 0.1) is 5.92 Å². The number of carbonyl (C=O) groups is 3. The fourth-order valence-electron chi connectivity index (χ4n) is 3.15. The van der Waals surface area contributed by atoms with Crippen LogP contribution in [0.2, 0.25) is 0 Å². The van der Waals surface area contributed by atoms with Crippen LogP contribution in [0.15, 0.2) is 24.3 Å². The summed E-state index contributed by atoms with van der Waals surface area (Å²) < 4.78 is 0. The first-order valence-electron chi connectivity index (χ1n) is 8.06. The van der Waals surface area contributed by atoms with E-state index in [2.05, 4.69) is 16.0 Å². The van der Waals surface area contributed by atoms with Crippen LogP contribution < -0.4 is 16.0 Å². The lowest BCUT2D eigenvalue weighted by Crippen LogP contribution is -2.27. The number of imide groups is 1. The zero-order valence-corrected chi connectivity index (χ0v) is 12.9. The van der Waals surface area contributed by atoms with Crippen LogP contribution in [0.25, 0.3) is 0 Å². The van der Waals surface area contributed by atoms with E-state index in [4.69, 9.17) is 0 Å². The van der Waals surface area contributed by atoms with Gasteiger partial charge < -0.3 is 10.6 Å². The summed E-state index contributed by atoms with van der Waals surface area (Å²) in [5.41, 5.74) is 1.74. The van der Waals surface area contributed by atoms with Gasteiger partial charge in [-0.3, -0.25) is 19.7 Å². The minimum atomic E-state index is -0.281. The number of hydrogen-bond acceptors (Lipinski definition) is 4. The molecule has 6 nitrogen and oxygen atoms in total. The van der Waals surface area contributed by atoms with Crippen LogP contribution in [0.1, 0.15) is 31.2 Å². The molecule has 2 fully saturated rings. The molecule has 0 radical (unpaired) electrons. The molecule has 2 aliphatic heterocycles. The van der Waals surface area contributed by atoms with Gasteiger partial charge in [-0.05, 0) is 43.5 Å². The van der Waals surface area contributed by atoms with Gasteiger partial charge in [0.2, 0.25) is 17.7 Å². The van der Waals surface area contributed by atoms with E-state index in [-0.39, 0.29) is 36.1 Å². The molecule has 0 spiro atoms. The van der Waals surface area contributed by atoms with Crippen LogP contribution in [0.4, 0.5) is 5.69 Å². The molecule has 1 aromatic carbocycles. The normalized spacial score (nSPS) is 23.8. The second-order valence-corrected chi connectivity index (χ2v) is 6.26. The SMILES string of the molecule is O=C1CC(Cc2ccc(NC(=O)CC3CCCN3)cc2)C(=O)N1. The highest BCUT2D eigenvalue weighted by molar-refractivity contribution is 6.03. The predicted octanol–water partition coefficient (Wildman–Crippen LogP) is 0.972. The van der Waals surface area contributed by atoms with Gasteiger partial charge >= 0.3 is 0 Å². The molecule has 2 unspecified atom stereocenters. The monoisotopic (exact) mass is 315 g/mol. The molecule has 122 valence electrons. The van der Waals surface area contributed by atoms with Crippen molar-refractivity contribution in [2.45, 2.75) is 38.1 Å². The Morgan fingerprint density at radius 1 is 1.22 bits per heavy atom. The van der Waals surface area contributed by atoms with Crippen molar-refractivity contribution in [1.29, 1.82) is 0 Å². The molecular weight excluding hydrogens is 294 g/mol. The van der Waals surface area contributed by atoms with Crippen LogP contribution in [-0.4, -0.2) is 30.3 Å².